The largest absolute Gasteiger partial charge is 0.496 e. The first-order valence-electron chi connectivity index (χ1n) is 9.13. The maximum Gasteiger partial charge on any atom is 0.191 e. The van der Waals surface area contributed by atoms with E-state index in [4.69, 9.17) is 14.5 Å². The van der Waals surface area contributed by atoms with Gasteiger partial charge in [-0.25, -0.2) is 4.99 Å². The van der Waals surface area contributed by atoms with Crippen molar-refractivity contribution in [1.82, 2.24) is 15.5 Å². The van der Waals surface area contributed by atoms with Crippen molar-refractivity contribution < 1.29 is 9.47 Å². The van der Waals surface area contributed by atoms with E-state index in [1.807, 2.05) is 18.2 Å². The molecule has 0 radical (unpaired) electrons. The molecule has 1 aromatic rings. The average molecular weight is 555 g/mol. The molecule has 0 aromatic heterocycles. The highest BCUT2D eigenvalue weighted by Crippen LogP contribution is 2.25. The van der Waals surface area contributed by atoms with E-state index in [1.165, 1.54) is 0 Å². The Kier molecular flexibility index (Phi) is 10.9. The second-order valence-electron chi connectivity index (χ2n) is 6.93. The van der Waals surface area contributed by atoms with Crippen molar-refractivity contribution >= 4 is 45.9 Å². The van der Waals surface area contributed by atoms with Crippen molar-refractivity contribution in [2.24, 2.45) is 4.99 Å². The molecule has 2 N–H and O–H groups in total. The Balaban J connectivity index is 0.00000364. The van der Waals surface area contributed by atoms with Gasteiger partial charge in [0.15, 0.2) is 5.96 Å². The molecule has 0 amide bonds. The van der Waals surface area contributed by atoms with Crippen LogP contribution >= 0.6 is 39.9 Å². The average Bonchev–Trinajstić information content (AvgIpc) is 2.65. The molecule has 154 valence electrons. The number of benzene rings is 1. The lowest BCUT2D eigenvalue weighted by molar-refractivity contribution is -0.00834. The van der Waals surface area contributed by atoms with Crippen LogP contribution in [0.5, 0.6) is 5.75 Å². The fraction of sp³-hybridized carbons (Fsp3) is 0.632. The predicted molar refractivity (Wildman–Crippen MR) is 125 cm³/mol. The van der Waals surface area contributed by atoms with Crippen LogP contribution in [0.25, 0.3) is 0 Å². The normalized spacial score (nSPS) is 15.8. The summed E-state index contributed by atoms with van der Waals surface area (Å²) in [6, 6.07) is 6.04. The number of aliphatic imine (C=N–C) groups is 1. The zero-order valence-corrected chi connectivity index (χ0v) is 20.6. The van der Waals surface area contributed by atoms with E-state index < -0.39 is 0 Å². The molecule has 0 saturated carbocycles. The van der Waals surface area contributed by atoms with Gasteiger partial charge in [0.05, 0.1) is 31.3 Å². The molecule has 1 aliphatic rings. The molecule has 8 heteroatoms. The van der Waals surface area contributed by atoms with Gasteiger partial charge in [0, 0.05) is 31.7 Å². The maximum absolute atomic E-state index is 5.46. The van der Waals surface area contributed by atoms with Gasteiger partial charge in [0.1, 0.15) is 5.75 Å². The minimum atomic E-state index is 0. The molecule has 1 heterocycles. The van der Waals surface area contributed by atoms with Crippen LogP contribution in [0.15, 0.2) is 27.7 Å². The standard InChI is InChI=1S/C19H31BrN4O2.HI/c1-5-21-18(22-13-15-6-7-17(25-4)16(20)12-15)23-14-19(2,3)24-8-10-26-11-9-24;/h6-7,12H,5,8-11,13-14H2,1-4H3,(H2,21,22,23);1H. The summed E-state index contributed by atoms with van der Waals surface area (Å²) in [5, 5.41) is 6.81. The van der Waals surface area contributed by atoms with Crippen molar-refractivity contribution in [2.45, 2.75) is 32.9 Å². The quantitative estimate of drug-likeness (QED) is 0.308. The minimum Gasteiger partial charge on any atom is -0.496 e. The summed E-state index contributed by atoms with van der Waals surface area (Å²) in [5.74, 6) is 1.66. The Morgan fingerprint density at radius 3 is 2.59 bits per heavy atom. The zero-order chi connectivity index (χ0) is 19.0. The molecule has 27 heavy (non-hydrogen) atoms. The number of rotatable bonds is 7. The fourth-order valence-electron chi connectivity index (χ4n) is 2.90. The monoisotopic (exact) mass is 554 g/mol. The SMILES string of the molecule is CCNC(=NCc1ccc(OC)c(Br)c1)NCC(C)(C)N1CCOCC1.I. The summed E-state index contributed by atoms with van der Waals surface area (Å²) in [7, 11) is 1.67. The first-order chi connectivity index (χ1) is 12.5. The number of hydrogen-bond donors (Lipinski definition) is 2. The molecule has 1 fully saturated rings. The van der Waals surface area contributed by atoms with Crippen LogP contribution < -0.4 is 15.4 Å². The van der Waals surface area contributed by atoms with Crippen molar-refractivity contribution in [3.05, 3.63) is 28.2 Å². The van der Waals surface area contributed by atoms with E-state index in [0.717, 1.165) is 61.1 Å². The van der Waals surface area contributed by atoms with E-state index in [0.29, 0.717) is 6.54 Å². The highest BCUT2D eigenvalue weighted by molar-refractivity contribution is 14.0. The first kappa shape index (κ1) is 24.5. The summed E-state index contributed by atoms with van der Waals surface area (Å²) >= 11 is 3.53. The number of methoxy groups -OCH3 is 1. The summed E-state index contributed by atoms with van der Waals surface area (Å²) < 4.78 is 11.7. The summed E-state index contributed by atoms with van der Waals surface area (Å²) in [5.41, 5.74) is 1.17. The van der Waals surface area contributed by atoms with Crippen LogP contribution in [0.1, 0.15) is 26.3 Å². The lowest BCUT2D eigenvalue weighted by Gasteiger charge is -2.41. The second-order valence-corrected chi connectivity index (χ2v) is 7.78. The number of nitrogens with one attached hydrogen (secondary N) is 2. The van der Waals surface area contributed by atoms with Gasteiger partial charge in [-0.1, -0.05) is 6.07 Å². The molecule has 0 spiro atoms. The highest BCUT2D eigenvalue weighted by atomic mass is 127. The van der Waals surface area contributed by atoms with E-state index in [9.17, 15) is 0 Å². The number of ether oxygens (including phenoxy) is 2. The minimum absolute atomic E-state index is 0. The maximum atomic E-state index is 5.46. The smallest absolute Gasteiger partial charge is 0.191 e. The molecule has 1 aliphatic heterocycles. The van der Waals surface area contributed by atoms with Gasteiger partial charge in [-0.15, -0.1) is 24.0 Å². The lowest BCUT2D eigenvalue weighted by Crippen LogP contribution is -2.56. The number of hydrogen-bond acceptors (Lipinski definition) is 4. The van der Waals surface area contributed by atoms with Gasteiger partial charge in [0.25, 0.3) is 0 Å². The van der Waals surface area contributed by atoms with Gasteiger partial charge in [-0.05, 0) is 54.4 Å². The molecule has 1 aromatic carbocycles. The van der Waals surface area contributed by atoms with Crippen molar-refractivity contribution in [1.29, 1.82) is 0 Å². The van der Waals surface area contributed by atoms with Crippen LogP contribution in [0.4, 0.5) is 0 Å². The molecule has 0 atom stereocenters. The number of guanidine groups is 1. The van der Waals surface area contributed by atoms with E-state index in [2.05, 4.69) is 52.2 Å². The van der Waals surface area contributed by atoms with Crippen LogP contribution in [0.2, 0.25) is 0 Å². The molecule has 0 unspecified atom stereocenters. The number of halogens is 2. The molecular weight excluding hydrogens is 523 g/mol. The van der Waals surface area contributed by atoms with Crippen LogP contribution in [-0.2, 0) is 11.3 Å². The third-order valence-electron chi connectivity index (χ3n) is 4.54. The van der Waals surface area contributed by atoms with Gasteiger partial charge >= 0.3 is 0 Å². The lowest BCUT2D eigenvalue weighted by atomic mass is 10.0. The summed E-state index contributed by atoms with van der Waals surface area (Å²) in [6.45, 7) is 12.4. The fourth-order valence-corrected chi connectivity index (χ4v) is 3.49. The van der Waals surface area contributed by atoms with Gasteiger partial charge < -0.3 is 20.1 Å². The third-order valence-corrected chi connectivity index (χ3v) is 5.16. The van der Waals surface area contributed by atoms with Gasteiger partial charge in [0.2, 0.25) is 0 Å². The summed E-state index contributed by atoms with van der Waals surface area (Å²) in [6.07, 6.45) is 0. The molecule has 1 saturated heterocycles. The third kappa shape index (κ3) is 7.75. The Labute approximate surface area is 188 Å². The van der Waals surface area contributed by atoms with Crippen LogP contribution in [0, 0.1) is 0 Å². The Morgan fingerprint density at radius 2 is 2.00 bits per heavy atom. The molecule has 0 bridgehead atoms. The Morgan fingerprint density at radius 1 is 1.30 bits per heavy atom. The molecular formula is C19H32BrIN4O2. The van der Waals surface area contributed by atoms with Crippen molar-refractivity contribution in [3.8, 4) is 5.75 Å². The topological polar surface area (TPSA) is 58.1 Å². The summed E-state index contributed by atoms with van der Waals surface area (Å²) in [4.78, 5) is 7.18. The zero-order valence-electron chi connectivity index (χ0n) is 16.7. The van der Waals surface area contributed by atoms with Crippen molar-refractivity contribution in [2.75, 3.05) is 46.5 Å². The molecule has 0 aliphatic carbocycles. The number of morpholine rings is 1. The molecule has 2 rings (SSSR count). The predicted octanol–water partition coefficient (Wildman–Crippen LogP) is 3.24. The van der Waals surface area contributed by atoms with Gasteiger partial charge in [-0.3, -0.25) is 4.90 Å². The van der Waals surface area contributed by atoms with E-state index in [1.54, 1.807) is 7.11 Å². The Bertz CT molecular complexity index is 607. The second kappa shape index (κ2) is 12.1. The van der Waals surface area contributed by atoms with Crippen LogP contribution in [0.3, 0.4) is 0 Å². The first-order valence-corrected chi connectivity index (χ1v) is 9.93. The highest BCUT2D eigenvalue weighted by Gasteiger charge is 2.28. The van der Waals surface area contributed by atoms with Crippen LogP contribution in [-0.4, -0.2) is 62.9 Å². The van der Waals surface area contributed by atoms with E-state index in [-0.39, 0.29) is 29.5 Å². The number of nitrogens with zero attached hydrogens (tertiary/aromatic N) is 2. The van der Waals surface area contributed by atoms with Gasteiger partial charge in [-0.2, -0.15) is 0 Å². The van der Waals surface area contributed by atoms with Crippen molar-refractivity contribution in [3.63, 3.8) is 0 Å². The van der Waals surface area contributed by atoms with E-state index >= 15 is 0 Å². The Hall–Kier alpha value is -0.580. The molecule has 6 nitrogen and oxygen atoms in total.